The highest BCUT2D eigenvalue weighted by Crippen LogP contribution is 2.28. The number of benzene rings is 2. The zero-order valence-corrected chi connectivity index (χ0v) is 23.9. The Hall–Kier alpha value is -4.88. The normalized spacial score (nSPS) is 16.7. The van der Waals surface area contributed by atoms with Crippen LogP contribution in [0.1, 0.15) is 25.8 Å². The molecule has 3 amide bonds. The predicted octanol–water partition coefficient (Wildman–Crippen LogP) is 4.62. The second kappa shape index (κ2) is 14.1. The number of likely N-dealkylation sites (tertiary alicyclic amines) is 1. The molecule has 0 saturated carbocycles. The first-order chi connectivity index (χ1) is 20.9. The fraction of sp³-hybridized carbons (Fsp3) is 0.367. The summed E-state index contributed by atoms with van der Waals surface area (Å²) in [6.45, 7) is 3.81. The third kappa shape index (κ3) is 8.36. The molecular weight excluding hydrogens is 585 g/mol. The number of alkyl halides is 3. The standard InChI is InChI=1S/C30H31F3N4O7/c1-18(2)16-43-29(41)37-14-12-21(27(39)36-44-28(40)30(31,32)33)23(15-37)26(38)35-20-9-7-19(8-10-20)17-42-25-11-13-34-24-6-4-3-5-22(24)25/h3-11,13,18,21,23H,12,14-17H2,1-2H3,(H,35,38)(H,36,39). The number of amides is 3. The monoisotopic (exact) mass is 616 g/mol. The van der Waals surface area contributed by atoms with Crippen molar-refractivity contribution in [1.82, 2.24) is 15.4 Å². The zero-order valence-electron chi connectivity index (χ0n) is 23.9. The molecule has 2 heterocycles. The van der Waals surface area contributed by atoms with Gasteiger partial charge in [0.05, 0.1) is 24.0 Å². The van der Waals surface area contributed by atoms with Gasteiger partial charge in [-0.1, -0.05) is 38.1 Å². The van der Waals surface area contributed by atoms with E-state index in [4.69, 9.17) is 9.47 Å². The number of aromatic nitrogens is 1. The van der Waals surface area contributed by atoms with Gasteiger partial charge >= 0.3 is 18.2 Å². The first kappa shape index (κ1) is 32.0. The Kier molecular flexibility index (Phi) is 10.2. The maximum atomic E-state index is 13.3. The molecule has 0 aliphatic carbocycles. The number of hydroxylamine groups is 1. The van der Waals surface area contributed by atoms with Gasteiger partial charge in [-0.2, -0.15) is 18.7 Å². The second-order valence-electron chi connectivity index (χ2n) is 10.6. The SMILES string of the molecule is CC(C)COC(=O)N1CCC(C(=O)NOC(=O)C(F)(F)F)C(C(=O)Nc2ccc(COc3ccnc4ccccc34)cc2)C1. The minimum atomic E-state index is -5.32. The van der Waals surface area contributed by atoms with Crippen LogP contribution in [0, 0.1) is 17.8 Å². The Morgan fingerprint density at radius 3 is 2.43 bits per heavy atom. The number of para-hydroxylation sites is 1. The van der Waals surface area contributed by atoms with Crippen LogP contribution < -0.4 is 15.5 Å². The van der Waals surface area contributed by atoms with E-state index in [0.717, 1.165) is 16.5 Å². The highest BCUT2D eigenvalue weighted by Gasteiger charge is 2.44. The summed E-state index contributed by atoms with van der Waals surface area (Å²) in [5, 5.41) is 3.55. The van der Waals surface area contributed by atoms with E-state index < -0.39 is 41.9 Å². The van der Waals surface area contributed by atoms with Crippen LogP contribution in [0.2, 0.25) is 0 Å². The summed E-state index contributed by atoms with van der Waals surface area (Å²) in [5.41, 5.74) is 3.46. The van der Waals surface area contributed by atoms with Crippen molar-refractivity contribution in [3.63, 3.8) is 0 Å². The average molecular weight is 617 g/mol. The average Bonchev–Trinajstić information content (AvgIpc) is 3.01. The van der Waals surface area contributed by atoms with E-state index in [1.165, 1.54) is 10.4 Å². The quantitative estimate of drug-likeness (QED) is 0.350. The lowest BCUT2D eigenvalue weighted by Gasteiger charge is -2.36. The molecule has 1 aliphatic rings. The van der Waals surface area contributed by atoms with Crippen molar-refractivity contribution in [3.8, 4) is 5.75 Å². The largest absolute Gasteiger partial charge is 0.493 e. The third-order valence-electron chi connectivity index (χ3n) is 6.79. The number of carbonyl (C=O) groups is 4. The molecule has 11 nitrogen and oxygen atoms in total. The van der Waals surface area contributed by atoms with Crippen molar-refractivity contribution >= 4 is 40.5 Å². The Balaban J connectivity index is 1.42. The van der Waals surface area contributed by atoms with Crippen LogP contribution in [0.3, 0.4) is 0 Å². The first-order valence-corrected chi connectivity index (χ1v) is 13.8. The van der Waals surface area contributed by atoms with E-state index in [9.17, 15) is 32.3 Å². The van der Waals surface area contributed by atoms with Gasteiger partial charge < -0.3 is 24.5 Å². The predicted molar refractivity (Wildman–Crippen MR) is 151 cm³/mol. The molecule has 3 aromatic rings. The molecule has 1 saturated heterocycles. The van der Waals surface area contributed by atoms with Gasteiger partial charge in [-0.05, 0) is 48.2 Å². The number of hydrogen-bond acceptors (Lipinski definition) is 8. The fourth-order valence-corrected chi connectivity index (χ4v) is 4.53. The zero-order chi connectivity index (χ0) is 31.9. The first-order valence-electron chi connectivity index (χ1n) is 13.8. The lowest BCUT2D eigenvalue weighted by Crippen LogP contribution is -2.52. The molecule has 2 aromatic carbocycles. The summed E-state index contributed by atoms with van der Waals surface area (Å²) < 4.78 is 48.8. The molecule has 1 fully saturated rings. The molecule has 0 radical (unpaired) electrons. The van der Waals surface area contributed by atoms with E-state index in [2.05, 4.69) is 15.1 Å². The number of fused-ring (bicyclic) bond motifs is 1. The summed E-state index contributed by atoms with van der Waals surface area (Å²) in [6, 6.07) is 16.0. The minimum absolute atomic E-state index is 0.00648. The van der Waals surface area contributed by atoms with Gasteiger partial charge in [-0.15, -0.1) is 0 Å². The van der Waals surface area contributed by atoms with Gasteiger partial charge in [-0.3, -0.25) is 14.6 Å². The number of rotatable bonds is 8. The maximum absolute atomic E-state index is 13.3. The van der Waals surface area contributed by atoms with Gasteiger partial charge in [0.15, 0.2) is 0 Å². The van der Waals surface area contributed by atoms with Gasteiger partial charge in [-0.25, -0.2) is 9.59 Å². The minimum Gasteiger partial charge on any atom is -0.488 e. The van der Waals surface area contributed by atoms with Crippen LogP contribution in [0.5, 0.6) is 5.75 Å². The van der Waals surface area contributed by atoms with Gasteiger partial charge in [0.25, 0.3) is 5.91 Å². The summed E-state index contributed by atoms with van der Waals surface area (Å²) >= 11 is 0. The van der Waals surface area contributed by atoms with Crippen molar-refractivity contribution in [2.24, 2.45) is 17.8 Å². The molecular formula is C30H31F3N4O7. The van der Waals surface area contributed by atoms with Crippen LogP contribution in [0.15, 0.2) is 60.8 Å². The molecule has 1 aromatic heterocycles. The molecule has 2 N–H and O–H groups in total. The number of piperidine rings is 1. The topological polar surface area (TPSA) is 136 Å². The number of carbonyl (C=O) groups excluding carboxylic acids is 4. The van der Waals surface area contributed by atoms with Crippen LogP contribution >= 0.6 is 0 Å². The lowest BCUT2D eigenvalue weighted by molar-refractivity contribution is -0.208. The molecule has 44 heavy (non-hydrogen) atoms. The highest BCUT2D eigenvalue weighted by atomic mass is 19.4. The smallest absolute Gasteiger partial charge is 0.488 e. The third-order valence-corrected chi connectivity index (χ3v) is 6.79. The summed E-state index contributed by atoms with van der Waals surface area (Å²) in [5.74, 6) is -6.05. The molecule has 14 heteroatoms. The number of nitrogens with zero attached hydrogens (tertiary/aromatic N) is 2. The van der Waals surface area contributed by atoms with Crippen molar-refractivity contribution in [2.45, 2.75) is 33.1 Å². The van der Waals surface area contributed by atoms with E-state index >= 15 is 0 Å². The highest BCUT2D eigenvalue weighted by molar-refractivity contribution is 5.97. The number of pyridine rings is 1. The number of halogens is 3. The van der Waals surface area contributed by atoms with Gasteiger partial charge in [0, 0.05) is 30.4 Å². The van der Waals surface area contributed by atoms with Crippen molar-refractivity contribution in [1.29, 1.82) is 0 Å². The Labute approximate surface area is 250 Å². The molecule has 4 rings (SSSR count). The number of ether oxygens (including phenoxy) is 2. The van der Waals surface area contributed by atoms with Crippen molar-refractivity contribution in [2.75, 3.05) is 25.0 Å². The van der Waals surface area contributed by atoms with Crippen LogP contribution in [0.4, 0.5) is 23.7 Å². The molecule has 1 aliphatic heterocycles. The molecule has 0 bridgehead atoms. The van der Waals surface area contributed by atoms with Crippen molar-refractivity contribution in [3.05, 3.63) is 66.4 Å². The van der Waals surface area contributed by atoms with E-state index in [1.54, 1.807) is 36.5 Å². The fourth-order valence-electron chi connectivity index (χ4n) is 4.53. The number of hydrogen-bond donors (Lipinski definition) is 2. The van der Waals surface area contributed by atoms with Crippen LogP contribution in [0.25, 0.3) is 10.9 Å². The van der Waals surface area contributed by atoms with Crippen molar-refractivity contribution < 1.29 is 46.7 Å². The van der Waals surface area contributed by atoms with Crippen LogP contribution in [-0.4, -0.2) is 59.6 Å². The lowest BCUT2D eigenvalue weighted by atomic mass is 9.84. The second-order valence-corrected chi connectivity index (χ2v) is 10.6. The van der Waals surface area contributed by atoms with E-state index in [-0.39, 0.29) is 38.6 Å². The Bertz CT molecular complexity index is 1490. The summed E-state index contributed by atoms with van der Waals surface area (Å²) in [4.78, 5) is 59.1. The Morgan fingerprint density at radius 1 is 1.00 bits per heavy atom. The van der Waals surface area contributed by atoms with Crippen LogP contribution in [-0.2, 0) is 30.6 Å². The Morgan fingerprint density at radius 2 is 1.73 bits per heavy atom. The summed E-state index contributed by atoms with van der Waals surface area (Å²) in [7, 11) is 0. The van der Waals surface area contributed by atoms with Gasteiger partial charge in [0.1, 0.15) is 12.4 Å². The van der Waals surface area contributed by atoms with E-state index in [1.807, 2.05) is 38.1 Å². The van der Waals surface area contributed by atoms with E-state index in [0.29, 0.717) is 11.4 Å². The molecule has 234 valence electrons. The number of anilines is 1. The molecule has 2 atom stereocenters. The summed E-state index contributed by atoms with van der Waals surface area (Å²) in [6.07, 6.45) is -4.45. The van der Waals surface area contributed by atoms with Gasteiger partial charge in [0.2, 0.25) is 5.91 Å². The molecule has 2 unspecified atom stereocenters. The molecule has 0 spiro atoms. The number of nitrogens with one attached hydrogen (secondary N) is 2. The maximum Gasteiger partial charge on any atom is 0.493 e.